The fourth-order valence-corrected chi connectivity index (χ4v) is 1.12. The van der Waals surface area contributed by atoms with E-state index in [4.69, 9.17) is 5.11 Å². The minimum Gasteiger partial charge on any atom is -0.512 e. The summed E-state index contributed by atoms with van der Waals surface area (Å²) < 4.78 is 0. The average molecular weight is 138 g/mol. The first kappa shape index (κ1) is 7.39. The van der Waals surface area contributed by atoms with Gasteiger partial charge in [0.2, 0.25) is 0 Å². The maximum Gasteiger partial charge on any atom is 0.0925 e. The van der Waals surface area contributed by atoms with Crippen molar-refractivity contribution in [3.05, 3.63) is 23.5 Å². The molecule has 0 aliphatic heterocycles. The zero-order valence-electron chi connectivity index (χ0n) is 6.59. The molecule has 0 unspecified atom stereocenters. The highest BCUT2D eigenvalue weighted by Gasteiger charge is 2.07. The largest absolute Gasteiger partial charge is 0.512 e. The van der Waals surface area contributed by atoms with Crippen LogP contribution in [-0.4, -0.2) is 5.11 Å². The van der Waals surface area contributed by atoms with Crippen LogP contribution in [0.3, 0.4) is 0 Å². The number of allylic oxidation sites excluding steroid dienone is 4. The Kier molecular flexibility index (Phi) is 2.15. The molecule has 1 N–H and O–H groups in total. The van der Waals surface area contributed by atoms with Gasteiger partial charge in [0, 0.05) is 6.42 Å². The first-order valence-corrected chi connectivity index (χ1v) is 3.78. The van der Waals surface area contributed by atoms with Gasteiger partial charge < -0.3 is 5.11 Å². The summed E-state index contributed by atoms with van der Waals surface area (Å²) in [5.74, 6) is 1.15. The number of hydrogen-bond acceptors (Lipinski definition) is 1. The zero-order chi connectivity index (χ0) is 7.56. The van der Waals surface area contributed by atoms with E-state index in [0.717, 1.165) is 12.8 Å². The molecule has 0 radical (unpaired) electrons. The molecule has 0 amide bonds. The summed E-state index contributed by atoms with van der Waals surface area (Å²) in [6.45, 7) is 4.37. The Morgan fingerprint density at radius 2 is 2.00 bits per heavy atom. The first-order chi connectivity index (χ1) is 4.70. The van der Waals surface area contributed by atoms with Crippen LogP contribution in [0.1, 0.15) is 26.7 Å². The van der Waals surface area contributed by atoms with Crippen LogP contribution in [0.25, 0.3) is 0 Å². The van der Waals surface area contributed by atoms with Gasteiger partial charge >= 0.3 is 0 Å². The molecular weight excluding hydrogens is 124 g/mol. The zero-order valence-corrected chi connectivity index (χ0v) is 6.59. The van der Waals surface area contributed by atoms with E-state index in [-0.39, 0.29) is 0 Å². The number of aliphatic hydroxyl groups is 1. The maximum absolute atomic E-state index is 9.03. The van der Waals surface area contributed by atoms with Crippen LogP contribution < -0.4 is 0 Å². The van der Waals surface area contributed by atoms with E-state index in [1.807, 2.05) is 6.08 Å². The first-order valence-electron chi connectivity index (χ1n) is 3.78. The normalized spacial score (nSPS) is 18.7. The number of hydrogen-bond donors (Lipinski definition) is 1. The lowest BCUT2D eigenvalue weighted by molar-refractivity contribution is 0.383. The minimum atomic E-state index is 0.518. The van der Waals surface area contributed by atoms with Crippen LogP contribution in [0.4, 0.5) is 0 Å². The highest BCUT2D eigenvalue weighted by molar-refractivity contribution is 5.21. The monoisotopic (exact) mass is 138 g/mol. The Morgan fingerprint density at radius 1 is 1.30 bits per heavy atom. The van der Waals surface area contributed by atoms with E-state index in [1.165, 1.54) is 5.57 Å². The standard InChI is InChI=1S/C9H14O/c1-7(2)8-3-5-9(10)6-4-8/h3,5,7,10H,4,6H2,1-2H3. The van der Waals surface area contributed by atoms with E-state index in [1.54, 1.807) is 6.08 Å². The fraction of sp³-hybridized carbons (Fsp3) is 0.556. The molecule has 1 nitrogen and oxygen atoms in total. The predicted molar refractivity (Wildman–Crippen MR) is 42.9 cm³/mol. The molecule has 0 aromatic rings. The summed E-state index contributed by atoms with van der Waals surface area (Å²) in [6, 6.07) is 0. The molecule has 0 atom stereocenters. The molecule has 0 aromatic heterocycles. The Labute approximate surface area is 62.1 Å². The van der Waals surface area contributed by atoms with E-state index >= 15 is 0 Å². The SMILES string of the molecule is CC(C)C1=CC=C(O)CC1. The van der Waals surface area contributed by atoms with Gasteiger partial charge in [-0.2, -0.15) is 0 Å². The van der Waals surface area contributed by atoms with Gasteiger partial charge in [-0.3, -0.25) is 0 Å². The van der Waals surface area contributed by atoms with E-state index in [2.05, 4.69) is 13.8 Å². The van der Waals surface area contributed by atoms with Gasteiger partial charge in [-0.1, -0.05) is 25.5 Å². The smallest absolute Gasteiger partial charge is 0.0925 e. The van der Waals surface area contributed by atoms with Gasteiger partial charge in [0.25, 0.3) is 0 Å². The van der Waals surface area contributed by atoms with E-state index in [9.17, 15) is 0 Å². The third kappa shape index (κ3) is 1.63. The van der Waals surface area contributed by atoms with Crippen molar-refractivity contribution < 1.29 is 5.11 Å². The van der Waals surface area contributed by atoms with Crippen LogP contribution in [0.2, 0.25) is 0 Å². The molecule has 1 aliphatic rings. The molecule has 0 saturated heterocycles. The van der Waals surface area contributed by atoms with Crippen LogP contribution in [0, 0.1) is 5.92 Å². The molecule has 0 aromatic carbocycles. The summed E-state index contributed by atoms with van der Waals surface area (Å²) in [5, 5.41) is 9.03. The second-order valence-corrected chi connectivity index (χ2v) is 3.05. The Morgan fingerprint density at radius 3 is 2.40 bits per heavy atom. The Hall–Kier alpha value is -0.720. The highest BCUT2D eigenvalue weighted by atomic mass is 16.3. The lowest BCUT2D eigenvalue weighted by Crippen LogP contribution is -1.98. The summed E-state index contributed by atoms with van der Waals surface area (Å²) >= 11 is 0. The summed E-state index contributed by atoms with van der Waals surface area (Å²) in [6.07, 6.45) is 5.69. The van der Waals surface area contributed by atoms with Crippen molar-refractivity contribution in [2.45, 2.75) is 26.7 Å². The third-order valence-electron chi connectivity index (χ3n) is 1.90. The molecule has 0 spiro atoms. The van der Waals surface area contributed by atoms with Crippen molar-refractivity contribution in [3.8, 4) is 0 Å². The van der Waals surface area contributed by atoms with Crippen molar-refractivity contribution in [2.75, 3.05) is 0 Å². The second-order valence-electron chi connectivity index (χ2n) is 3.05. The van der Waals surface area contributed by atoms with Gasteiger partial charge in [-0.05, 0) is 18.4 Å². The van der Waals surface area contributed by atoms with Gasteiger partial charge in [0.1, 0.15) is 0 Å². The van der Waals surface area contributed by atoms with Crippen LogP contribution >= 0.6 is 0 Å². The molecule has 0 bridgehead atoms. The number of aliphatic hydroxyl groups excluding tert-OH is 1. The molecule has 0 saturated carbocycles. The topological polar surface area (TPSA) is 20.2 Å². The highest BCUT2D eigenvalue weighted by Crippen LogP contribution is 2.22. The maximum atomic E-state index is 9.03. The number of rotatable bonds is 1. The Balaban J connectivity index is 2.64. The van der Waals surface area contributed by atoms with Gasteiger partial charge in [-0.25, -0.2) is 0 Å². The van der Waals surface area contributed by atoms with E-state index in [0.29, 0.717) is 11.7 Å². The molecule has 0 fully saturated rings. The van der Waals surface area contributed by atoms with Crippen molar-refractivity contribution >= 4 is 0 Å². The van der Waals surface area contributed by atoms with E-state index < -0.39 is 0 Å². The van der Waals surface area contributed by atoms with Gasteiger partial charge in [-0.15, -0.1) is 0 Å². The van der Waals surface area contributed by atoms with Crippen LogP contribution in [0.5, 0.6) is 0 Å². The van der Waals surface area contributed by atoms with Crippen molar-refractivity contribution in [2.24, 2.45) is 5.92 Å². The molecular formula is C9H14O. The third-order valence-corrected chi connectivity index (χ3v) is 1.90. The van der Waals surface area contributed by atoms with Crippen molar-refractivity contribution in [1.82, 2.24) is 0 Å². The summed E-state index contributed by atoms with van der Waals surface area (Å²) in [4.78, 5) is 0. The summed E-state index contributed by atoms with van der Waals surface area (Å²) in [7, 11) is 0. The van der Waals surface area contributed by atoms with Crippen LogP contribution in [0.15, 0.2) is 23.5 Å². The van der Waals surface area contributed by atoms with Crippen molar-refractivity contribution in [3.63, 3.8) is 0 Å². The molecule has 1 heteroatoms. The lowest BCUT2D eigenvalue weighted by Gasteiger charge is -2.13. The fourth-order valence-electron chi connectivity index (χ4n) is 1.12. The predicted octanol–water partition coefficient (Wildman–Crippen LogP) is 2.80. The minimum absolute atomic E-state index is 0.518. The molecule has 10 heavy (non-hydrogen) atoms. The lowest BCUT2D eigenvalue weighted by atomic mass is 9.94. The van der Waals surface area contributed by atoms with Crippen molar-refractivity contribution in [1.29, 1.82) is 0 Å². The molecule has 0 heterocycles. The van der Waals surface area contributed by atoms with Gasteiger partial charge in [0.15, 0.2) is 0 Å². The Bertz CT molecular complexity index is 175. The molecule has 1 rings (SSSR count). The molecule has 56 valence electrons. The van der Waals surface area contributed by atoms with Crippen LogP contribution in [-0.2, 0) is 0 Å². The second kappa shape index (κ2) is 2.91. The molecule has 1 aliphatic carbocycles. The van der Waals surface area contributed by atoms with Gasteiger partial charge in [0.05, 0.1) is 5.76 Å². The quantitative estimate of drug-likeness (QED) is 0.590. The summed E-state index contributed by atoms with van der Waals surface area (Å²) in [5.41, 5.74) is 1.44. The average Bonchev–Trinajstić information content (AvgIpc) is 1.88.